The molecule has 1 aliphatic rings. The van der Waals surface area contributed by atoms with Crippen LogP contribution in [-0.4, -0.2) is 27.5 Å². The number of allylic oxidation sites excluding steroid dienone is 1. The average Bonchev–Trinajstić information content (AvgIpc) is 2.75. The van der Waals surface area contributed by atoms with E-state index in [0.29, 0.717) is 17.3 Å². The molecule has 3 rings (SSSR count). The SMILES string of the molecule is O=C(COc1ccc(S(=O)(=O)Nc2ccc(Cl)cc2)cc1Cl)NCCC1=CCCCC1. The Morgan fingerprint density at radius 1 is 1.06 bits per heavy atom. The van der Waals surface area contributed by atoms with Crippen molar-refractivity contribution >= 4 is 44.8 Å². The zero-order chi connectivity index (χ0) is 22.3. The molecule has 2 aromatic rings. The zero-order valence-electron chi connectivity index (χ0n) is 16.9. The summed E-state index contributed by atoms with van der Waals surface area (Å²) in [6.45, 7) is 0.364. The molecule has 0 aromatic heterocycles. The van der Waals surface area contributed by atoms with Gasteiger partial charge < -0.3 is 10.1 Å². The molecule has 2 N–H and O–H groups in total. The number of hydrogen-bond acceptors (Lipinski definition) is 4. The fourth-order valence-electron chi connectivity index (χ4n) is 3.19. The van der Waals surface area contributed by atoms with Gasteiger partial charge in [-0.3, -0.25) is 9.52 Å². The molecule has 0 heterocycles. The lowest BCUT2D eigenvalue weighted by atomic mass is 9.97. The number of nitrogens with one attached hydrogen (secondary N) is 2. The molecule has 0 fully saturated rings. The number of amides is 1. The highest BCUT2D eigenvalue weighted by Gasteiger charge is 2.17. The number of rotatable bonds is 9. The van der Waals surface area contributed by atoms with E-state index in [1.165, 1.54) is 36.6 Å². The summed E-state index contributed by atoms with van der Waals surface area (Å²) in [4.78, 5) is 12.0. The van der Waals surface area contributed by atoms with Gasteiger partial charge in [0.1, 0.15) is 5.75 Å². The lowest BCUT2D eigenvalue weighted by molar-refractivity contribution is -0.123. The fourth-order valence-corrected chi connectivity index (χ4v) is 4.70. The van der Waals surface area contributed by atoms with E-state index < -0.39 is 10.0 Å². The Morgan fingerprint density at radius 2 is 1.84 bits per heavy atom. The summed E-state index contributed by atoms with van der Waals surface area (Å²) in [7, 11) is -3.84. The van der Waals surface area contributed by atoms with Crippen LogP contribution in [0.3, 0.4) is 0 Å². The smallest absolute Gasteiger partial charge is 0.261 e. The molecule has 166 valence electrons. The number of anilines is 1. The molecule has 1 amide bonds. The Bertz CT molecular complexity index is 1050. The molecule has 2 aromatic carbocycles. The molecular weight excluding hydrogens is 459 g/mol. The van der Waals surface area contributed by atoms with Gasteiger partial charge in [0, 0.05) is 17.3 Å². The number of carbonyl (C=O) groups excluding carboxylic acids is 1. The second-order valence-corrected chi connectivity index (χ2v) is 9.73. The number of hydrogen-bond donors (Lipinski definition) is 2. The molecule has 31 heavy (non-hydrogen) atoms. The molecule has 6 nitrogen and oxygen atoms in total. The van der Waals surface area contributed by atoms with E-state index in [2.05, 4.69) is 16.1 Å². The van der Waals surface area contributed by atoms with Gasteiger partial charge in [-0.05, 0) is 74.6 Å². The Hall–Kier alpha value is -2.22. The van der Waals surface area contributed by atoms with Gasteiger partial charge in [-0.25, -0.2) is 8.42 Å². The van der Waals surface area contributed by atoms with Gasteiger partial charge in [0.25, 0.3) is 15.9 Å². The molecule has 0 saturated carbocycles. The van der Waals surface area contributed by atoms with Crippen LogP contribution in [0.2, 0.25) is 10.0 Å². The first-order valence-electron chi connectivity index (χ1n) is 9.99. The molecule has 0 aliphatic heterocycles. The third-order valence-electron chi connectivity index (χ3n) is 4.82. The molecule has 0 saturated heterocycles. The van der Waals surface area contributed by atoms with E-state index in [1.54, 1.807) is 24.3 Å². The Morgan fingerprint density at radius 3 is 2.52 bits per heavy atom. The number of benzene rings is 2. The van der Waals surface area contributed by atoms with Crippen molar-refractivity contribution < 1.29 is 17.9 Å². The maximum Gasteiger partial charge on any atom is 0.261 e. The number of carbonyl (C=O) groups is 1. The highest BCUT2D eigenvalue weighted by Crippen LogP contribution is 2.28. The van der Waals surface area contributed by atoms with Crippen LogP contribution in [0.15, 0.2) is 59.0 Å². The van der Waals surface area contributed by atoms with E-state index in [0.717, 1.165) is 19.3 Å². The van der Waals surface area contributed by atoms with Crippen LogP contribution in [0.25, 0.3) is 0 Å². The standard InChI is InChI=1S/C22H24Cl2N2O4S/c23-17-6-8-18(9-7-17)26-31(28,29)19-10-11-21(20(24)14-19)30-15-22(27)25-13-12-16-4-2-1-3-5-16/h4,6-11,14,26H,1-3,5,12-13,15H2,(H,25,27). The molecule has 0 unspecified atom stereocenters. The largest absolute Gasteiger partial charge is 0.482 e. The van der Waals surface area contributed by atoms with Crippen molar-refractivity contribution in [3.8, 4) is 5.75 Å². The van der Waals surface area contributed by atoms with Gasteiger partial charge in [-0.1, -0.05) is 34.9 Å². The van der Waals surface area contributed by atoms with Gasteiger partial charge in [0.15, 0.2) is 6.61 Å². The Balaban J connectivity index is 1.52. The average molecular weight is 483 g/mol. The fraction of sp³-hybridized carbons (Fsp3) is 0.318. The van der Waals surface area contributed by atoms with Crippen LogP contribution < -0.4 is 14.8 Å². The minimum absolute atomic E-state index is 0.0231. The summed E-state index contributed by atoms with van der Waals surface area (Å²) >= 11 is 12.0. The summed E-state index contributed by atoms with van der Waals surface area (Å²) in [5.41, 5.74) is 1.76. The van der Waals surface area contributed by atoms with Crippen molar-refractivity contribution in [2.24, 2.45) is 0 Å². The van der Waals surface area contributed by atoms with E-state index in [4.69, 9.17) is 27.9 Å². The third kappa shape index (κ3) is 7.16. The topological polar surface area (TPSA) is 84.5 Å². The highest BCUT2D eigenvalue weighted by molar-refractivity contribution is 7.92. The summed E-state index contributed by atoms with van der Waals surface area (Å²) in [5, 5.41) is 3.42. The predicted molar refractivity (Wildman–Crippen MR) is 123 cm³/mol. The van der Waals surface area contributed by atoms with Gasteiger partial charge in [0.05, 0.1) is 9.92 Å². The van der Waals surface area contributed by atoms with E-state index in [9.17, 15) is 13.2 Å². The Labute approximate surface area is 192 Å². The first-order valence-corrected chi connectivity index (χ1v) is 12.2. The van der Waals surface area contributed by atoms with Crippen LogP contribution >= 0.6 is 23.2 Å². The second-order valence-electron chi connectivity index (χ2n) is 7.20. The summed E-state index contributed by atoms with van der Waals surface area (Å²) in [6.07, 6.45) is 7.77. The van der Waals surface area contributed by atoms with Crippen LogP contribution in [0.5, 0.6) is 5.75 Å². The maximum atomic E-state index is 12.6. The lowest BCUT2D eigenvalue weighted by Gasteiger charge is -2.13. The van der Waals surface area contributed by atoms with E-state index in [1.807, 2.05) is 0 Å². The van der Waals surface area contributed by atoms with Crippen molar-refractivity contribution in [2.75, 3.05) is 17.9 Å². The Kier molecular flexibility index (Phi) is 8.23. The minimum Gasteiger partial charge on any atom is -0.482 e. The highest BCUT2D eigenvalue weighted by atomic mass is 35.5. The maximum absolute atomic E-state index is 12.6. The molecular formula is C22H24Cl2N2O4S. The molecule has 0 spiro atoms. The molecule has 9 heteroatoms. The van der Waals surface area contributed by atoms with Gasteiger partial charge in [0.2, 0.25) is 0 Å². The number of sulfonamides is 1. The lowest BCUT2D eigenvalue weighted by Crippen LogP contribution is -2.30. The minimum atomic E-state index is -3.84. The number of ether oxygens (including phenoxy) is 1. The predicted octanol–water partition coefficient (Wildman–Crippen LogP) is 5.18. The molecule has 1 aliphatic carbocycles. The zero-order valence-corrected chi connectivity index (χ0v) is 19.2. The van der Waals surface area contributed by atoms with E-state index >= 15 is 0 Å². The number of halogens is 2. The first-order chi connectivity index (χ1) is 14.8. The third-order valence-corrected chi connectivity index (χ3v) is 6.75. The quantitative estimate of drug-likeness (QED) is 0.482. The van der Waals surface area contributed by atoms with Crippen molar-refractivity contribution in [1.82, 2.24) is 5.32 Å². The van der Waals surface area contributed by atoms with Gasteiger partial charge >= 0.3 is 0 Å². The van der Waals surface area contributed by atoms with Crippen LogP contribution in [0, 0.1) is 0 Å². The van der Waals surface area contributed by atoms with Gasteiger partial charge in [-0.2, -0.15) is 0 Å². The summed E-state index contributed by atoms with van der Waals surface area (Å²) < 4.78 is 33.0. The van der Waals surface area contributed by atoms with Gasteiger partial charge in [-0.15, -0.1) is 0 Å². The molecule has 0 atom stereocenters. The monoisotopic (exact) mass is 482 g/mol. The van der Waals surface area contributed by atoms with Crippen molar-refractivity contribution in [1.29, 1.82) is 0 Å². The summed E-state index contributed by atoms with van der Waals surface area (Å²) in [5.74, 6) is -0.0224. The van der Waals surface area contributed by atoms with Crippen LogP contribution in [0.4, 0.5) is 5.69 Å². The van der Waals surface area contributed by atoms with Crippen molar-refractivity contribution in [2.45, 2.75) is 37.0 Å². The molecule has 0 bridgehead atoms. The second kappa shape index (κ2) is 10.9. The van der Waals surface area contributed by atoms with E-state index in [-0.39, 0.29) is 28.2 Å². The van der Waals surface area contributed by atoms with Crippen LogP contribution in [0.1, 0.15) is 32.1 Å². The van der Waals surface area contributed by atoms with Crippen LogP contribution in [-0.2, 0) is 14.8 Å². The van der Waals surface area contributed by atoms with Crippen molar-refractivity contribution in [3.63, 3.8) is 0 Å². The normalized spacial score (nSPS) is 13.9. The molecule has 0 radical (unpaired) electrons. The van der Waals surface area contributed by atoms with Crippen molar-refractivity contribution in [3.05, 3.63) is 64.2 Å². The summed E-state index contributed by atoms with van der Waals surface area (Å²) in [6, 6.07) is 10.4. The first kappa shape index (κ1) is 23.4.